The summed E-state index contributed by atoms with van der Waals surface area (Å²) in [6.45, 7) is 20.4. The van der Waals surface area contributed by atoms with Crippen molar-refractivity contribution in [2.75, 3.05) is 39.6 Å². The molecule has 0 spiro atoms. The second-order valence-corrected chi connectivity index (χ2v) is 23.6. The summed E-state index contributed by atoms with van der Waals surface area (Å²) in [7, 11) is 0. The van der Waals surface area contributed by atoms with E-state index in [1.807, 2.05) is 64.2 Å². The molecular formula is C68H74N8O9. The summed E-state index contributed by atoms with van der Waals surface area (Å²) in [4.78, 5) is 57.4. The Morgan fingerprint density at radius 1 is 0.506 bits per heavy atom. The summed E-state index contributed by atoms with van der Waals surface area (Å²) in [6, 6.07) is 0. The smallest absolute Gasteiger partial charge is 0.305 e. The first-order valence-corrected chi connectivity index (χ1v) is 29.9. The van der Waals surface area contributed by atoms with Crippen LogP contribution in [-0.2, 0) is 23.8 Å². The second-order valence-electron chi connectivity index (χ2n) is 23.6. The number of aliphatic imine (C=N–C) groups is 6. The molecule has 85 heavy (non-hydrogen) atoms. The number of carbonyl (C=O) groups excluding carboxylic acids is 2. The molecule has 17 nitrogen and oxygen atoms in total. The zero-order valence-electron chi connectivity index (χ0n) is 50.2. The zero-order valence-corrected chi connectivity index (χ0v) is 50.2. The van der Waals surface area contributed by atoms with E-state index in [9.17, 15) is 30.0 Å². The van der Waals surface area contributed by atoms with Gasteiger partial charge in [-0.05, 0) is 148 Å². The van der Waals surface area contributed by atoms with Gasteiger partial charge < -0.3 is 45.3 Å². The van der Waals surface area contributed by atoms with Crippen molar-refractivity contribution in [1.29, 1.82) is 0 Å². The lowest BCUT2D eigenvalue weighted by Crippen LogP contribution is -2.18. The summed E-state index contributed by atoms with van der Waals surface area (Å²) in [5.41, 5.74) is 25.2. The number of aliphatic hydroxyl groups is 4. The van der Waals surface area contributed by atoms with E-state index in [0.29, 0.717) is 37.1 Å². The van der Waals surface area contributed by atoms with Gasteiger partial charge in [0.15, 0.2) is 0 Å². The third kappa shape index (κ3) is 9.96. The van der Waals surface area contributed by atoms with Crippen LogP contribution in [0.2, 0.25) is 0 Å². The van der Waals surface area contributed by atoms with E-state index in [-0.39, 0.29) is 99.6 Å². The Labute approximate surface area is 495 Å². The number of esters is 2. The first-order valence-electron chi connectivity index (χ1n) is 29.9. The monoisotopic (exact) mass is 1150 g/mol. The van der Waals surface area contributed by atoms with Crippen molar-refractivity contribution < 1.29 is 44.2 Å². The first-order chi connectivity index (χ1) is 40.9. The fraction of sp³-hybridized carbons (Fsp3) is 0.412. The van der Waals surface area contributed by atoms with Crippen LogP contribution in [0.4, 0.5) is 0 Å². The molecule has 440 valence electrons. The van der Waals surface area contributed by atoms with E-state index >= 15 is 0 Å². The van der Waals surface area contributed by atoms with Crippen molar-refractivity contribution >= 4 is 46.2 Å². The minimum atomic E-state index is -0.372. The van der Waals surface area contributed by atoms with E-state index < -0.39 is 0 Å². The molecule has 12 aliphatic rings. The van der Waals surface area contributed by atoms with Crippen LogP contribution in [0.25, 0.3) is 0 Å². The Hall–Kier alpha value is -8.12. The van der Waals surface area contributed by atoms with Crippen LogP contribution in [0.5, 0.6) is 0 Å². The topological polar surface area (TPSA) is 241 Å². The van der Waals surface area contributed by atoms with Gasteiger partial charge in [-0.25, -0.2) is 30.0 Å². The zero-order chi connectivity index (χ0) is 59.9. The van der Waals surface area contributed by atoms with Crippen molar-refractivity contribution in [1.82, 2.24) is 10.6 Å². The minimum Gasteiger partial charge on any atom is -0.511 e. The van der Waals surface area contributed by atoms with Crippen molar-refractivity contribution in [2.45, 2.75) is 121 Å². The molecule has 2 saturated heterocycles. The molecule has 6 N–H and O–H groups in total. The van der Waals surface area contributed by atoms with Crippen LogP contribution >= 0.6 is 0 Å². The molecule has 10 heterocycles. The molecule has 0 aromatic carbocycles. The Bertz CT molecular complexity index is 3630. The quantitative estimate of drug-likeness (QED) is 0.0627. The third-order valence-corrected chi connectivity index (χ3v) is 19.0. The summed E-state index contributed by atoms with van der Waals surface area (Å²) in [5.74, 6) is -0.658. The molecule has 10 aliphatic heterocycles. The number of fused-ring (bicyclic) bond motifs is 10. The van der Waals surface area contributed by atoms with E-state index in [2.05, 4.69) is 52.2 Å². The van der Waals surface area contributed by atoms with Crippen molar-refractivity contribution in [3.05, 3.63) is 183 Å². The Balaban J connectivity index is 0.679. The maximum Gasteiger partial charge on any atom is 0.305 e. The lowest BCUT2D eigenvalue weighted by Gasteiger charge is -2.18. The number of hydrogen-bond donors (Lipinski definition) is 6. The fourth-order valence-corrected chi connectivity index (χ4v) is 13.9. The largest absolute Gasteiger partial charge is 0.511 e. The molecule has 2 fully saturated rings. The number of ether oxygens (including phenoxy) is 3. The summed E-state index contributed by atoms with van der Waals surface area (Å²) < 4.78 is 17.1. The lowest BCUT2D eigenvalue weighted by atomic mass is 9.86. The minimum absolute atomic E-state index is 0.0249. The normalized spacial score (nSPS) is 24.8. The van der Waals surface area contributed by atoms with Crippen LogP contribution in [0.1, 0.15) is 121 Å². The van der Waals surface area contributed by atoms with Crippen molar-refractivity contribution in [3.8, 4) is 0 Å². The maximum absolute atomic E-state index is 13.4. The second kappa shape index (κ2) is 22.7. The van der Waals surface area contributed by atoms with Crippen molar-refractivity contribution in [2.24, 2.45) is 53.6 Å². The maximum atomic E-state index is 13.4. The SMILES string of the molecule is CCC1=C(C)C2=NC1=CC1=C(C)C3=C(O)CC(=C4NC(=CC5=NC(=C2)C(CO)=C5C)[C@@H](C)[C@@H]4CCC(=O)OCCOCCOC(=O)CC[C@@H]2C4=C5CC(O)=C6C5=NC(=C6C)C=C5N=C(C=C6N=C(C=C(N4)[C@H]2C)C(C)=C6CO)C(C)=C5CC)C3=N1. The molecule has 2 aliphatic carbocycles. The van der Waals surface area contributed by atoms with Gasteiger partial charge in [0.1, 0.15) is 24.7 Å². The van der Waals surface area contributed by atoms with E-state index in [1.165, 1.54) is 0 Å². The van der Waals surface area contributed by atoms with E-state index in [1.54, 1.807) is 0 Å². The molecule has 0 radical (unpaired) electrons. The number of rotatable bonds is 16. The number of aliphatic hydroxyl groups excluding tert-OH is 4. The fourth-order valence-electron chi connectivity index (χ4n) is 13.9. The van der Waals surface area contributed by atoms with Crippen LogP contribution < -0.4 is 10.6 Å². The Morgan fingerprint density at radius 2 is 0.871 bits per heavy atom. The summed E-state index contributed by atoms with van der Waals surface area (Å²) in [5, 5.41) is 51.7. The Kier molecular flexibility index (Phi) is 15.3. The van der Waals surface area contributed by atoms with Gasteiger partial charge in [-0.15, -0.1) is 0 Å². The predicted octanol–water partition coefficient (Wildman–Crippen LogP) is 11.0. The highest BCUT2D eigenvalue weighted by atomic mass is 16.6. The molecule has 0 aromatic heterocycles. The molecule has 0 amide bonds. The standard InChI is InChI=1S/C68H74N8O9/c1-11-39-31(3)49-25-57-45(29-77)35(7)47(71-57)23-51-33(5)41(65(73-51)43-21-59(79)63-37(9)53(75-67(43)63)27-55(39)69-49)13-15-61(81)84-19-17-83-18-20-85-62(82)16-14-42-34(6)52-24-48-36(8)46(30-78)58(72-48)26-50-32(4)40(12-2)56(70-50)28-54-38(10)64-60(80)22-44(66(42)74-52)68(64)76-54/h23-28,33-34,41-42,73-74,77-80H,11-22,29-30H2,1-10H3/t33-,34-,41-,42-/m0/s1. The highest BCUT2D eigenvalue weighted by molar-refractivity contribution is 6.22. The lowest BCUT2D eigenvalue weighted by molar-refractivity contribution is -0.147. The van der Waals surface area contributed by atoms with Gasteiger partial charge in [0.2, 0.25) is 0 Å². The molecule has 17 heteroatoms. The van der Waals surface area contributed by atoms with Gasteiger partial charge >= 0.3 is 11.9 Å². The van der Waals surface area contributed by atoms with E-state index in [0.717, 1.165) is 171 Å². The number of hydrogen-bond acceptors (Lipinski definition) is 17. The van der Waals surface area contributed by atoms with Crippen LogP contribution in [0.15, 0.2) is 213 Å². The van der Waals surface area contributed by atoms with Crippen molar-refractivity contribution in [3.63, 3.8) is 0 Å². The Morgan fingerprint density at radius 3 is 1.25 bits per heavy atom. The average molecular weight is 1150 g/mol. The van der Waals surface area contributed by atoms with Crippen LogP contribution in [0.3, 0.4) is 0 Å². The molecule has 12 rings (SSSR count). The predicted molar refractivity (Wildman–Crippen MR) is 329 cm³/mol. The number of allylic oxidation sites excluding steroid dienone is 22. The molecule has 16 bridgehead atoms. The number of nitrogens with one attached hydrogen (secondary N) is 2. The van der Waals surface area contributed by atoms with Crippen LogP contribution in [-0.4, -0.2) is 106 Å². The molecule has 0 aromatic rings. The average Bonchev–Trinajstić information content (AvgIpc) is 4.58. The van der Waals surface area contributed by atoms with Gasteiger partial charge in [-0.3, -0.25) is 9.59 Å². The van der Waals surface area contributed by atoms with Crippen LogP contribution in [0, 0.1) is 23.7 Å². The van der Waals surface area contributed by atoms with Gasteiger partial charge in [-0.2, -0.15) is 0 Å². The molecular weight excluding hydrogens is 1070 g/mol. The van der Waals surface area contributed by atoms with Gasteiger partial charge in [-0.1, -0.05) is 27.7 Å². The summed E-state index contributed by atoms with van der Waals surface area (Å²) >= 11 is 0. The first kappa shape index (κ1) is 57.3. The van der Waals surface area contributed by atoms with E-state index in [4.69, 9.17) is 44.2 Å². The number of nitrogens with zero attached hydrogens (tertiary/aromatic N) is 6. The third-order valence-electron chi connectivity index (χ3n) is 19.0. The van der Waals surface area contributed by atoms with Gasteiger partial charge in [0, 0.05) is 106 Å². The number of carbonyl (C=O) groups is 2. The van der Waals surface area contributed by atoms with Gasteiger partial charge in [0.25, 0.3) is 0 Å². The molecule has 0 unspecified atom stereocenters. The van der Waals surface area contributed by atoms with Gasteiger partial charge in [0.05, 0.1) is 94.9 Å². The summed E-state index contributed by atoms with van der Waals surface area (Å²) in [6.07, 6.45) is 15.3. The highest BCUT2D eigenvalue weighted by Crippen LogP contribution is 2.49. The molecule has 0 saturated carbocycles. The molecule has 4 atom stereocenters. The highest BCUT2D eigenvalue weighted by Gasteiger charge is 2.44.